The molecular formula is C80H62N4. The van der Waals surface area contributed by atoms with E-state index in [0.29, 0.717) is 0 Å². The molecule has 0 radical (unpaired) electrons. The van der Waals surface area contributed by atoms with Crippen LogP contribution in [0.4, 0.5) is 34.1 Å². The van der Waals surface area contributed by atoms with Gasteiger partial charge >= 0.3 is 0 Å². The molecule has 0 unspecified atom stereocenters. The minimum atomic E-state index is 1.09. The third-order valence-electron chi connectivity index (χ3n) is 16.7. The van der Waals surface area contributed by atoms with Gasteiger partial charge in [0, 0.05) is 56.3 Å². The van der Waals surface area contributed by atoms with E-state index in [4.69, 9.17) is 0 Å². The van der Waals surface area contributed by atoms with Gasteiger partial charge in [0.25, 0.3) is 0 Å². The number of nitrogens with zero attached hydrogens (tertiary/aromatic N) is 4. The summed E-state index contributed by atoms with van der Waals surface area (Å²) >= 11 is 0. The molecule has 14 rings (SSSR count). The lowest BCUT2D eigenvalue weighted by Crippen LogP contribution is -2.10. The highest BCUT2D eigenvalue weighted by molar-refractivity contribution is 6.00. The van der Waals surface area contributed by atoms with Crippen molar-refractivity contribution in [2.45, 2.75) is 27.7 Å². The summed E-state index contributed by atoms with van der Waals surface area (Å²) < 4.78 is 4.90. The van der Waals surface area contributed by atoms with E-state index < -0.39 is 0 Å². The van der Waals surface area contributed by atoms with Gasteiger partial charge in [-0.3, -0.25) is 0 Å². The quantitative estimate of drug-likeness (QED) is 0.114. The summed E-state index contributed by atoms with van der Waals surface area (Å²) in [5, 5.41) is 2.45. The Morgan fingerprint density at radius 3 is 0.786 bits per heavy atom. The molecule has 402 valence electrons. The van der Waals surface area contributed by atoms with Crippen molar-refractivity contribution in [1.29, 1.82) is 0 Å². The van der Waals surface area contributed by atoms with E-state index in [-0.39, 0.29) is 0 Å². The van der Waals surface area contributed by atoms with Gasteiger partial charge in [0.2, 0.25) is 0 Å². The molecule has 2 heterocycles. The number of aryl methyl sites for hydroxylation is 4. The number of hydrogen-bond donors (Lipinski definition) is 0. The van der Waals surface area contributed by atoms with Crippen LogP contribution in [0.1, 0.15) is 22.3 Å². The molecule has 4 heteroatoms. The number of anilines is 6. The minimum Gasteiger partial charge on any atom is -0.311 e. The van der Waals surface area contributed by atoms with Crippen LogP contribution in [0.2, 0.25) is 0 Å². The summed E-state index contributed by atoms with van der Waals surface area (Å²) in [6.07, 6.45) is 0. The van der Waals surface area contributed by atoms with E-state index in [2.05, 4.69) is 350 Å². The van der Waals surface area contributed by atoms with Crippen molar-refractivity contribution in [3.8, 4) is 67.3 Å². The average molecular weight is 1080 g/mol. The van der Waals surface area contributed by atoms with Crippen LogP contribution < -0.4 is 9.80 Å². The molecule has 0 saturated heterocycles. The lowest BCUT2D eigenvalue weighted by Gasteiger charge is -2.26. The smallest absolute Gasteiger partial charge is 0.0570 e. The zero-order valence-electron chi connectivity index (χ0n) is 47.7. The van der Waals surface area contributed by atoms with Crippen molar-refractivity contribution in [2.75, 3.05) is 9.80 Å². The topological polar surface area (TPSA) is 16.3 Å². The molecule has 0 N–H and O–H groups in total. The monoisotopic (exact) mass is 1080 g/mol. The van der Waals surface area contributed by atoms with Crippen LogP contribution in [0.3, 0.4) is 0 Å². The second-order valence-electron chi connectivity index (χ2n) is 22.0. The van der Waals surface area contributed by atoms with Gasteiger partial charge < -0.3 is 18.9 Å². The summed E-state index contributed by atoms with van der Waals surface area (Å²) in [6.45, 7) is 8.85. The molecule has 0 bridgehead atoms. The molecule has 4 nitrogen and oxygen atoms in total. The predicted octanol–water partition coefficient (Wildman–Crippen LogP) is 22.1. The van der Waals surface area contributed by atoms with Gasteiger partial charge in [-0.15, -0.1) is 0 Å². The molecule has 12 aromatic carbocycles. The largest absolute Gasteiger partial charge is 0.311 e. The molecule has 0 spiro atoms. The molecule has 14 aromatic rings. The number of benzene rings is 12. The summed E-state index contributed by atoms with van der Waals surface area (Å²) in [6, 6.07) is 110. The van der Waals surface area contributed by atoms with Gasteiger partial charge in [-0.25, -0.2) is 0 Å². The van der Waals surface area contributed by atoms with Crippen molar-refractivity contribution >= 4 is 55.9 Å². The Bertz CT molecular complexity index is 4300. The fourth-order valence-electron chi connectivity index (χ4n) is 12.3. The Morgan fingerprint density at radius 1 is 0.226 bits per heavy atom. The zero-order valence-corrected chi connectivity index (χ0v) is 47.7. The van der Waals surface area contributed by atoms with E-state index >= 15 is 0 Å². The van der Waals surface area contributed by atoms with Crippen LogP contribution >= 0.6 is 0 Å². The van der Waals surface area contributed by atoms with E-state index in [1.165, 1.54) is 88.9 Å². The van der Waals surface area contributed by atoms with Crippen molar-refractivity contribution in [3.05, 3.63) is 326 Å². The Hall–Kier alpha value is -10.7. The maximum absolute atomic E-state index is 2.45. The molecule has 84 heavy (non-hydrogen) atoms. The third-order valence-corrected chi connectivity index (χ3v) is 16.7. The Labute approximate surface area is 492 Å². The van der Waals surface area contributed by atoms with Crippen molar-refractivity contribution in [2.24, 2.45) is 0 Å². The fraction of sp³-hybridized carbons (Fsp3) is 0.0500. The molecule has 0 fully saturated rings. The van der Waals surface area contributed by atoms with Crippen LogP contribution in [0.5, 0.6) is 0 Å². The molecule has 2 aromatic heterocycles. The number of hydrogen-bond acceptors (Lipinski definition) is 2. The van der Waals surface area contributed by atoms with Crippen LogP contribution in [-0.2, 0) is 0 Å². The van der Waals surface area contributed by atoms with E-state index in [1.807, 2.05) is 0 Å². The molecule has 0 aliphatic heterocycles. The van der Waals surface area contributed by atoms with Crippen LogP contribution in [0.25, 0.3) is 89.1 Å². The van der Waals surface area contributed by atoms with Crippen molar-refractivity contribution in [3.63, 3.8) is 0 Å². The van der Waals surface area contributed by atoms with E-state index in [9.17, 15) is 0 Å². The lowest BCUT2D eigenvalue weighted by atomic mass is 9.99. The van der Waals surface area contributed by atoms with Gasteiger partial charge in [-0.2, -0.15) is 0 Å². The highest BCUT2D eigenvalue weighted by Crippen LogP contribution is 2.44. The number of aromatic nitrogens is 2. The van der Waals surface area contributed by atoms with Crippen LogP contribution in [0, 0.1) is 27.7 Å². The standard InChI is InChI=1S/C80H62N4/c1-55-25-35-67(36-26-55)81(69-39-29-61(30-40-69)59-17-9-5-10-18-59)71-43-47-73(48-44-71)83-77-51-33-65(53-75(77)57(3)79(83)63-21-13-7-14-22-63)66-34-52-78-76(54-66)58(4)80(64-23-15-8-16-24-64)84(78)74-49-45-72(46-50-74)82(68-37-27-56(2)28-38-68)70-41-31-62(32-42-70)60-19-11-6-12-20-60/h5-54H,1-4H3. The molecule has 0 atom stereocenters. The Balaban J connectivity index is 0.835. The first-order chi connectivity index (χ1) is 41.3. The maximum Gasteiger partial charge on any atom is 0.0570 e. The minimum absolute atomic E-state index is 1.09. The van der Waals surface area contributed by atoms with Crippen LogP contribution in [-0.4, -0.2) is 9.13 Å². The third kappa shape index (κ3) is 9.63. The van der Waals surface area contributed by atoms with E-state index in [0.717, 1.165) is 56.5 Å². The Morgan fingerprint density at radius 2 is 0.476 bits per heavy atom. The molecule has 0 saturated carbocycles. The maximum atomic E-state index is 2.45. The lowest BCUT2D eigenvalue weighted by molar-refractivity contribution is 1.12. The van der Waals surface area contributed by atoms with Gasteiger partial charge in [-0.1, -0.05) is 193 Å². The fourth-order valence-corrected chi connectivity index (χ4v) is 12.3. The van der Waals surface area contributed by atoms with Gasteiger partial charge in [0.1, 0.15) is 0 Å². The SMILES string of the molecule is Cc1ccc(N(c2ccc(-c3ccccc3)cc2)c2ccc(-n3c(-c4ccccc4)c(C)c4cc(-c5ccc6c(c5)c(C)c(-c5ccccc5)n6-c5ccc(N(c6ccc(C)cc6)c6ccc(-c7ccccc7)cc6)cc5)ccc43)cc2)cc1. The Kier molecular flexibility index (Phi) is 13.5. The highest BCUT2D eigenvalue weighted by Gasteiger charge is 2.23. The summed E-state index contributed by atoms with van der Waals surface area (Å²) in [5.74, 6) is 0. The number of fused-ring (bicyclic) bond motifs is 2. The van der Waals surface area contributed by atoms with Gasteiger partial charge in [-0.05, 0) is 205 Å². The first kappa shape index (κ1) is 51.5. The molecule has 0 aliphatic rings. The molecule has 0 aliphatic carbocycles. The molecular weight excluding hydrogens is 1020 g/mol. The summed E-state index contributed by atoms with van der Waals surface area (Å²) in [7, 11) is 0. The zero-order chi connectivity index (χ0) is 56.7. The van der Waals surface area contributed by atoms with Gasteiger partial charge in [0.15, 0.2) is 0 Å². The second kappa shape index (κ2) is 22.0. The molecule has 0 amide bonds. The highest BCUT2D eigenvalue weighted by atomic mass is 15.1. The average Bonchev–Trinajstić information content (AvgIpc) is 3.08. The normalized spacial score (nSPS) is 11.3. The summed E-state index contributed by atoms with van der Waals surface area (Å²) in [4.78, 5) is 4.70. The first-order valence-corrected chi connectivity index (χ1v) is 29.0. The van der Waals surface area contributed by atoms with Crippen molar-refractivity contribution in [1.82, 2.24) is 9.13 Å². The first-order valence-electron chi connectivity index (χ1n) is 29.0. The summed E-state index contributed by atoms with van der Waals surface area (Å²) in [5.41, 5.74) is 28.0. The van der Waals surface area contributed by atoms with E-state index in [1.54, 1.807) is 0 Å². The van der Waals surface area contributed by atoms with Gasteiger partial charge in [0.05, 0.1) is 22.4 Å². The van der Waals surface area contributed by atoms with Crippen LogP contribution in [0.15, 0.2) is 303 Å². The number of rotatable bonds is 13. The van der Waals surface area contributed by atoms with Crippen molar-refractivity contribution < 1.29 is 0 Å². The predicted molar refractivity (Wildman–Crippen MR) is 356 cm³/mol. The second-order valence-corrected chi connectivity index (χ2v) is 22.0.